The van der Waals surface area contributed by atoms with Gasteiger partial charge >= 0.3 is 0 Å². The fourth-order valence-electron chi connectivity index (χ4n) is 6.12. The maximum atomic E-state index is 6.10. The van der Waals surface area contributed by atoms with Gasteiger partial charge in [0.15, 0.2) is 0 Å². The Morgan fingerprint density at radius 2 is 0.509 bits per heavy atom. The van der Waals surface area contributed by atoms with E-state index in [1.807, 2.05) is 12.1 Å². The molecule has 0 unspecified atom stereocenters. The van der Waals surface area contributed by atoms with Gasteiger partial charge in [0, 0.05) is 40.2 Å². The summed E-state index contributed by atoms with van der Waals surface area (Å²) < 4.78 is 0. The van der Waals surface area contributed by atoms with Gasteiger partial charge in [-0.2, -0.15) is 0 Å². The van der Waals surface area contributed by atoms with Crippen molar-refractivity contribution in [3.63, 3.8) is 0 Å². The number of benzene rings is 7. The quantitative estimate of drug-likeness (QED) is 0.0947. The first-order valence-electron chi connectivity index (χ1n) is 17.6. The molecule has 0 N–H and O–H groups in total. The van der Waals surface area contributed by atoms with Crippen molar-refractivity contribution in [2.45, 2.75) is 0 Å². The first kappa shape index (κ1) is 40.0. The largest absolute Gasteiger partial charge is 0.254 e. The Morgan fingerprint density at radius 3 is 0.727 bits per heavy atom. The van der Waals surface area contributed by atoms with Crippen LogP contribution in [0.3, 0.4) is 0 Å². The second-order valence-electron chi connectivity index (χ2n) is 12.1. The SMILES string of the molecule is Clc1ccnc2c1ccc1c(Cl)ccnc12.[Cu].c1ccc(P(c2ccccc2)c2ccccc2)cc1.c1ccc(P(c2ccccc2)c2ccccc2)cc1. The molecule has 9 rings (SSSR count). The van der Waals surface area contributed by atoms with Crippen molar-refractivity contribution in [2.75, 3.05) is 0 Å². The van der Waals surface area contributed by atoms with Gasteiger partial charge in [-0.3, -0.25) is 9.97 Å². The Bertz CT molecular complexity index is 2150. The Kier molecular flexibility index (Phi) is 14.8. The van der Waals surface area contributed by atoms with Crippen molar-refractivity contribution < 1.29 is 17.1 Å². The standard InChI is InChI=1S/2C18H15P.C12H6Cl2N2.Cu/c2*1-4-10-16(11-5-1)19(17-12-6-2-7-13-17)18-14-8-3-9-15-18;13-9-3-5-15-11-7(9)1-2-8-10(14)4-6-16-12(8)11;/h2*1-15H;1-6H;. The Hall–Kier alpha value is -4.68. The first-order valence-corrected chi connectivity index (χ1v) is 21.0. The van der Waals surface area contributed by atoms with E-state index in [0.29, 0.717) is 10.0 Å². The van der Waals surface area contributed by atoms with Crippen LogP contribution >= 0.6 is 39.0 Å². The monoisotopic (exact) mass is 835 g/mol. The third-order valence-electron chi connectivity index (χ3n) is 8.60. The maximum absolute atomic E-state index is 6.10. The van der Waals surface area contributed by atoms with Gasteiger partial charge in [0.05, 0.1) is 21.1 Å². The van der Waals surface area contributed by atoms with E-state index >= 15 is 0 Å². The average Bonchev–Trinajstić information content (AvgIpc) is 3.24. The molecule has 0 bridgehead atoms. The minimum atomic E-state index is -0.446. The van der Waals surface area contributed by atoms with Crippen molar-refractivity contribution in [3.8, 4) is 0 Å². The average molecular weight is 837 g/mol. The molecule has 0 saturated heterocycles. The molecule has 0 amide bonds. The van der Waals surface area contributed by atoms with Gasteiger partial charge in [0.2, 0.25) is 0 Å². The second kappa shape index (κ2) is 20.3. The van der Waals surface area contributed by atoms with E-state index in [9.17, 15) is 0 Å². The molecule has 2 aromatic heterocycles. The number of aromatic nitrogens is 2. The summed E-state index contributed by atoms with van der Waals surface area (Å²) in [4.78, 5) is 8.61. The molecule has 7 heteroatoms. The molecule has 2 heterocycles. The molecule has 0 saturated carbocycles. The van der Waals surface area contributed by atoms with Crippen LogP contribution in [-0.4, -0.2) is 9.97 Å². The van der Waals surface area contributed by atoms with Crippen molar-refractivity contribution in [2.24, 2.45) is 0 Å². The van der Waals surface area contributed by atoms with E-state index in [0.717, 1.165) is 21.8 Å². The minimum Gasteiger partial charge on any atom is -0.254 e. The Labute approximate surface area is 346 Å². The third-order valence-corrected chi connectivity index (χ3v) is 14.1. The zero-order chi connectivity index (χ0) is 37.0. The molecule has 7 aromatic carbocycles. The van der Waals surface area contributed by atoms with Crippen LogP contribution in [0.15, 0.2) is 219 Å². The molecule has 0 aliphatic carbocycles. The zero-order valence-electron chi connectivity index (χ0n) is 29.6. The van der Waals surface area contributed by atoms with Crippen LogP contribution in [0, 0.1) is 0 Å². The fraction of sp³-hybridized carbons (Fsp3) is 0. The number of hydrogen-bond donors (Lipinski definition) is 0. The molecule has 9 aromatic rings. The normalized spacial score (nSPS) is 10.5. The molecule has 55 heavy (non-hydrogen) atoms. The summed E-state index contributed by atoms with van der Waals surface area (Å²) in [5.41, 5.74) is 1.57. The molecule has 1 radical (unpaired) electrons. The number of rotatable bonds is 6. The van der Waals surface area contributed by atoms with Gasteiger partial charge in [-0.15, -0.1) is 0 Å². The van der Waals surface area contributed by atoms with Crippen LogP contribution in [0.25, 0.3) is 21.8 Å². The Balaban J connectivity index is 0.000000140. The van der Waals surface area contributed by atoms with E-state index in [-0.39, 0.29) is 17.1 Å². The first-order chi connectivity index (χ1) is 26.7. The van der Waals surface area contributed by atoms with E-state index < -0.39 is 15.8 Å². The summed E-state index contributed by atoms with van der Waals surface area (Å²) in [5.74, 6) is 0. The van der Waals surface area contributed by atoms with Gasteiger partial charge in [0.1, 0.15) is 0 Å². The number of halogens is 2. The smallest absolute Gasteiger partial charge is 0.0980 e. The van der Waals surface area contributed by atoms with Crippen molar-refractivity contribution in [1.29, 1.82) is 0 Å². The van der Waals surface area contributed by atoms with Crippen molar-refractivity contribution in [1.82, 2.24) is 9.97 Å². The van der Waals surface area contributed by atoms with Crippen LogP contribution < -0.4 is 31.8 Å². The number of pyridine rings is 2. The summed E-state index contributed by atoms with van der Waals surface area (Å²) in [5, 5.41) is 11.5. The molecule has 2 nitrogen and oxygen atoms in total. The summed E-state index contributed by atoms with van der Waals surface area (Å²) >= 11 is 12.2. The summed E-state index contributed by atoms with van der Waals surface area (Å²) in [6, 6.07) is 72.0. The molecular formula is C48H36Cl2CuN2P2. The predicted octanol–water partition coefficient (Wildman–Crippen LogP) is 11.0. The van der Waals surface area contributed by atoms with Crippen LogP contribution in [-0.2, 0) is 17.1 Å². The molecular weight excluding hydrogens is 801 g/mol. The Morgan fingerprint density at radius 1 is 0.291 bits per heavy atom. The summed E-state index contributed by atoms with van der Waals surface area (Å²) in [6.45, 7) is 0. The molecule has 273 valence electrons. The molecule has 0 aliphatic rings. The third kappa shape index (κ3) is 10.1. The van der Waals surface area contributed by atoms with E-state index in [1.165, 1.54) is 31.8 Å². The molecule has 0 spiro atoms. The molecule has 0 aliphatic heterocycles. The fourth-order valence-corrected chi connectivity index (χ4v) is 11.1. The predicted molar refractivity (Wildman–Crippen MR) is 237 cm³/mol. The number of hydrogen-bond acceptors (Lipinski definition) is 2. The van der Waals surface area contributed by atoms with Crippen LogP contribution in [0.4, 0.5) is 0 Å². The van der Waals surface area contributed by atoms with Gasteiger partial charge in [-0.05, 0) is 59.8 Å². The topological polar surface area (TPSA) is 25.8 Å². The van der Waals surface area contributed by atoms with E-state index in [2.05, 4.69) is 192 Å². The summed E-state index contributed by atoms with van der Waals surface area (Å²) in [7, 11) is -0.892. The molecule has 0 fully saturated rings. The van der Waals surface area contributed by atoms with Crippen LogP contribution in [0.5, 0.6) is 0 Å². The van der Waals surface area contributed by atoms with Crippen LogP contribution in [0.1, 0.15) is 0 Å². The van der Waals surface area contributed by atoms with Gasteiger partial charge in [0.25, 0.3) is 0 Å². The number of nitrogens with zero attached hydrogens (tertiary/aromatic N) is 2. The van der Waals surface area contributed by atoms with Crippen LogP contribution in [0.2, 0.25) is 10.0 Å². The van der Waals surface area contributed by atoms with Gasteiger partial charge in [-0.1, -0.05) is 217 Å². The second-order valence-corrected chi connectivity index (χ2v) is 17.4. The number of fused-ring (bicyclic) bond motifs is 3. The van der Waals surface area contributed by atoms with E-state index in [4.69, 9.17) is 23.2 Å². The van der Waals surface area contributed by atoms with E-state index in [1.54, 1.807) is 24.5 Å². The van der Waals surface area contributed by atoms with Crippen molar-refractivity contribution >= 4 is 92.7 Å². The van der Waals surface area contributed by atoms with Gasteiger partial charge in [-0.25, -0.2) is 0 Å². The summed E-state index contributed by atoms with van der Waals surface area (Å²) in [6.07, 6.45) is 3.35. The molecule has 0 atom stereocenters. The minimum absolute atomic E-state index is 0. The maximum Gasteiger partial charge on any atom is 0.0980 e. The van der Waals surface area contributed by atoms with Crippen molar-refractivity contribution in [3.05, 3.63) is 229 Å². The van der Waals surface area contributed by atoms with Gasteiger partial charge < -0.3 is 0 Å². The zero-order valence-corrected chi connectivity index (χ0v) is 33.9.